The summed E-state index contributed by atoms with van der Waals surface area (Å²) in [4.78, 5) is 47.8. The lowest BCUT2D eigenvalue weighted by Gasteiger charge is -2.16. The van der Waals surface area contributed by atoms with Crippen LogP contribution in [0.1, 0.15) is 60.2 Å². The van der Waals surface area contributed by atoms with Crippen LogP contribution in [0.2, 0.25) is 0 Å². The fourth-order valence-corrected chi connectivity index (χ4v) is 1.96. The van der Waals surface area contributed by atoms with Gasteiger partial charge in [0.2, 0.25) is 11.8 Å². The first-order chi connectivity index (χ1) is 11.3. The first-order valence-electron chi connectivity index (χ1n) is 7.67. The average molecular weight is 334 g/mol. The van der Waals surface area contributed by atoms with Crippen molar-refractivity contribution >= 4 is 23.6 Å². The van der Waals surface area contributed by atoms with Crippen molar-refractivity contribution < 1.29 is 19.2 Å². The molecular formula is C16H22N4O4. The van der Waals surface area contributed by atoms with Crippen LogP contribution in [0.5, 0.6) is 0 Å². The van der Waals surface area contributed by atoms with E-state index in [1.807, 2.05) is 0 Å². The lowest BCUT2D eigenvalue weighted by Crippen LogP contribution is -2.43. The summed E-state index contributed by atoms with van der Waals surface area (Å²) in [6.45, 7) is 3.58. The molecule has 1 aromatic carbocycles. The molecule has 4 N–H and O–H groups in total. The molecule has 0 unspecified atom stereocenters. The Labute approximate surface area is 140 Å². The summed E-state index contributed by atoms with van der Waals surface area (Å²) in [5, 5.41) is 1.05. The predicted molar refractivity (Wildman–Crippen MR) is 87.0 cm³/mol. The number of hydrazine groups is 2. The largest absolute Gasteiger partial charge is 0.274 e. The van der Waals surface area contributed by atoms with Crippen molar-refractivity contribution in [2.24, 2.45) is 11.7 Å². The number of hydrogen-bond donors (Lipinski definition) is 2. The van der Waals surface area contributed by atoms with Gasteiger partial charge in [0.25, 0.3) is 11.8 Å². The zero-order valence-corrected chi connectivity index (χ0v) is 13.8. The van der Waals surface area contributed by atoms with Gasteiger partial charge in [-0.1, -0.05) is 19.9 Å². The van der Waals surface area contributed by atoms with Crippen molar-refractivity contribution in [3.63, 3.8) is 0 Å². The molecular weight excluding hydrogens is 312 g/mol. The molecule has 0 atom stereocenters. The maximum Gasteiger partial charge on any atom is 0.274 e. The molecule has 130 valence electrons. The van der Waals surface area contributed by atoms with Crippen LogP contribution in [0.15, 0.2) is 24.3 Å². The number of rotatable bonds is 6. The van der Waals surface area contributed by atoms with E-state index in [-0.39, 0.29) is 24.0 Å². The Morgan fingerprint density at radius 1 is 0.833 bits per heavy atom. The number of nitrogens with two attached hydrogens (primary N) is 2. The maximum atomic E-state index is 12.2. The Morgan fingerprint density at radius 2 is 1.21 bits per heavy atom. The van der Waals surface area contributed by atoms with Gasteiger partial charge < -0.3 is 0 Å². The van der Waals surface area contributed by atoms with E-state index >= 15 is 0 Å². The zero-order valence-electron chi connectivity index (χ0n) is 13.8. The van der Waals surface area contributed by atoms with Gasteiger partial charge in [0.15, 0.2) is 0 Å². The number of imide groups is 2. The summed E-state index contributed by atoms with van der Waals surface area (Å²) in [5.41, 5.74) is 0.119. The molecule has 0 radical (unpaired) electrons. The smallest absolute Gasteiger partial charge is 0.273 e. The van der Waals surface area contributed by atoms with Gasteiger partial charge in [-0.25, -0.2) is 21.7 Å². The SMILES string of the molecule is CCCC(=O)N(N)C(=O)c1cccc(C(=O)N(N)C(=O)CCC)c1. The number of nitrogens with zero attached hydrogens (tertiary/aromatic N) is 2. The van der Waals surface area contributed by atoms with Crippen molar-refractivity contribution in [1.29, 1.82) is 0 Å². The average Bonchev–Trinajstić information content (AvgIpc) is 2.59. The van der Waals surface area contributed by atoms with E-state index in [0.717, 1.165) is 0 Å². The standard InChI is InChI=1S/C16H22N4O4/c1-3-6-13(21)19(17)15(23)11-8-5-9-12(10-11)16(24)20(18)14(22)7-4-2/h5,8-10H,3-4,6-7,17-18H2,1-2H3. The van der Waals surface area contributed by atoms with E-state index in [1.165, 1.54) is 24.3 Å². The Morgan fingerprint density at radius 3 is 1.54 bits per heavy atom. The van der Waals surface area contributed by atoms with Crippen molar-refractivity contribution in [2.45, 2.75) is 39.5 Å². The molecule has 0 saturated heterocycles. The quantitative estimate of drug-likeness (QED) is 0.453. The topological polar surface area (TPSA) is 127 Å². The molecule has 0 heterocycles. The van der Waals surface area contributed by atoms with E-state index in [2.05, 4.69) is 0 Å². The van der Waals surface area contributed by atoms with Gasteiger partial charge in [0, 0.05) is 24.0 Å². The normalized spacial score (nSPS) is 10.2. The van der Waals surface area contributed by atoms with Gasteiger partial charge in [-0.3, -0.25) is 19.2 Å². The highest BCUT2D eigenvalue weighted by Gasteiger charge is 2.22. The molecule has 0 spiro atoms. The minimum Gasteiger partial charge on any atom is -0.273 e. The number of benzene rings is 1. The van der Waals surface area contributed by atoms with Crippen molar-refractivity contribution in [3.05, 3.63) is 35.4 Å². The lowest BCUT2D eigenvalue weighted by molar-refractivity contribution is -0.129. The molecule has 8 heteroatoms. The van der Waals surface area contributed by atoms with Gasteiger partial charge in [0.1, 0.15) is 0 Å². The van der Waals surface area contributed by atoms with Gasteiger partial charge in [-0.15, -0.1) is 0 Å². The van der Waals surface area contributed by atoms with E-state index < -0.39 is 23.6 Å². The van der Waals surface area contributed by atoms with Crippen LogP contribution in [0.25, 0.3) is 0 Å². The summed E-state index contributed by atoms with van der Waals surface area (Å²) >= 11 is 0. The van der Waals surface area contributed by atoms with Crippen LogP contribution >= 0.6 is 0 Å². The fourth-order valence-electron chi connectivity index (χ4n) is 1.96. The molecule has 0 aromatic heterocycles. The minimum absolute atomic E-state index is 0.0594. The highest BCUT2D eigenvalue weighted by atomic mass is 16.2. The third-order valence-corrected chi connectivity index (χ3v) is 3.26. The highest BCUT2D eigenvalue weighted by Crippen LogP contribution is 2.10. The summed E-state index contributed by atoms with van der Waals surface area (Å²) in [6, 6.07) is 5.55. The second-order valence-electron chi connectivity index (χ2n) is 5.22. The van der Waals surface area contributed by atoms with E-state index in [9.17, 15) is 19.2 Å². The second kappa shape index (κ2) is 8.90. The molecule has 4 amide bonds. The maximum absolute atomic E-state index is 12.2. The van der Waals surface area contributed by atoms with E-state index in [0.29, 0.717) is 22.9 Å². The van der Waals surface area contributed by atoms with E-state index in [1.54, 1.807) is 13.8 Å². The van der Waals surface area contributed by atoms with Gasteiger partial charge >= 0.3 is 0 Å². The number of carbonyl (C=O) groups is 4. The van der Waals surface area contributed by atoms with Crippen LogP contribution in [-0.4, -0.2) is 33.6 Å². The van der Waals surface area contributed by atoms with Crippen molar-refractivity contribution in [1.82, 2.24) is 10.0 Å². The van der Waals surface area contributed by atoms with Gasteiger partial charge in [-0.2, -0.15) is 0 Å². The Bertz CT molecular complexity index is 593. The molecule has 1 aromatic rings. The van der Waals surface area contributed by atoms with E-state index in [4.69, 9.17) is 11.7 Å². The molecule has 24 heavy (non-hydrogen) atoms. The monoisotopic (exact) mass is 334 g/mol. The fraction of sp³-hybridized carbons (Fsp3) is 0.375. The van der Waals surface area contributed by atoms with Crippen LogP contribution in [0, 0.1) is 0 Å². The summed E-state index contributed by atoms with van der Waals surface area (Å²) in [5.74, 6) is 8.53. The van der Waals surface area contributed by atoms with Crippen LogP contribution < -0.4 is 11.7 Å². The predicted octanol–water partition coefficient (Wildman–Crippen LogP) is 0.972. The van der Waals surface area contributed by atoms with Crippen LogP contribution in [-0.2, 0) is 9.59 Å². The first-order valence-corrected chi connectivity index (χ1v) is 7.67. The van der Waals surface area contributed by atoms with Crippen molar-refractivity contribution in [2.75, 3.05) is 0 Å². The Balaban J connectivity index is 2.97. The molecule has 0 aliphatic carbocycles. The third-order valence-electron chi connectivity index (χ3n) is 3.26. The van der Waals surface area contributed by atoms with Gasteiger partial charge in [0.05, 0.1) is 0 Å². The Kier molecular flexibility index (Phi) is 7.22. The molecule has 0 fully saturated rings. The minimum atomic E-state index is -0.730. The first kappa shape index (κ1) is 19.5. The molecule has 0 bridgehead atoms. The third kappa shape index (κ3) is 4.71. The highest BCUT2D eigenvalue weighted by molar-refractivity contribution is 6.07. The molecule has 8 nitrogen and oxygen atoms in total. The summed E-state index contributed by atoms with van der Waals surface area (Å²) in [6.07, 6.45) is 1.39. The van der Waals surface area contributed by atoms with Crippen LogP contribution in [0.3, 0.4) is 0 Å². The zero-order chi connectivity index (χ0) is 18.3. The number of carbonyl (C=O) groups excluding carboxylic acids is 4. The number of amides is 4. The summed E-state index contributed by atoms with van der Waals surface area (Å²) < 4.78 is 0. The molecule has 0 aliphatic heterocycles. The van der Waals surface area contributed by atoms with Crippen molar-refractivity contribution in [3.8, 4) is 0 Å². The summed E-state index contributed by atoms with van der Waals surface area (Å²) in [7, 11) is 0. The molecule has 1 rings (SSSR count). The second-order valence-corrected chi connectivity index (χ2v) is 5.22. The van der Waals surface area contributed by atoms with Crippen LogP contribution in [0.4, 0.5) is 0 Å². The number of hydrogen-bond acceptors (Lipinski definition) is 6. The lowest BCUT2D eigenvalue weighted by atomic mass is 10.1. The van der Waals surface area contributed by atoms with Gasteiger partial charge in [-0.05, 0) is 31.0 Å². The Hall–Kier alpha value is -2.58. The molecule has 0 aliphatic rings. The molecule has 0 saturated carbocycles.